The molecule has 7 nitrogen and oxygen atoms in total. The van der Waals surface area contributed by atoms with Crippen molar-refractivity contribution in [3.63, 3.8) is 0 Å². The highest BCUT2D eigenvalue weighted by atomic mass is 35.5. The summed E-state index contributed by atoms with van der Waals surface area (Å²) in [6.45, 7) is 0.762. The summed E-state index contributed by atoms with van der Waals surface area (Å²) in [7, 11) is 3.71. The topological polar surface area (TPSA) is 78.0 Å². The van der Waals surface area contributed by atoms with E-state index >= 15 is 0 Å². The van der Waals surface area contributed by atoms with Crippen LogP contribution in [0.2, 0.25) is 0 Å². The fourth-order valence-corrected chi connectivity index (χ4v) is 3.93. The standard InChI is InChI=1S/C21H21N3O4.ClH/c1-22(2)11-12-23-17(25)10-9-16(21(23)28)24-19(26)14-7-3-5-13-6-4-8-15(18(13)14)20(24)27;/h3-8,16H,9-12H2,1-2H3;1H. The molecule has 0 saturated carbocycles. The van der Waals surface area contributed by atoms with Gasteiger partial charge in [0.25, 0.3) is 17.7 Å². The van der Waals surface area contributed by atoms with E-state index in [0.29, 0.717) is 23.1 Å². The molecule has 4 amide bonds. The van der Waals surface area contributed by atoms with Crippen molar-refractivity contribution >= 4 is 46.8 Å². The summed E-state index contributed by atoms with van der Waals surface area (Å²) in [6, 6.07) is 9.64. The second-order valence-corrected chi connectivity index (χ2v) is 7.43. The third-order valence-corrected chi connectivity index (χ3v) is 5.37. The zero-order chi connectivity index (χ0) is 20.0. The van der Waals surface area contributed by atoms with E-state index < -0.39 is 23.8 Å². The summed E-state index contributed by atoms with van der Waals surface area (Å²) in [4.78, 5) is 55.7. The van der Waals surface area contributed by atoms with Crippen molar-refractivity contribution < 1.29 is 19.2 Å². The lowest BCUT2D eigenvalue weighted by Gasteiger charge is -2.38. The Bertz CT molecular complexity index is 969. The summed E-state index contributed by atoms with van der Waals surface area (Å²) >= 11 is 0. The lowest BCUT2D eigenvalue weighted by atomic mass is 9.91. The van der Waals surface area contributed by atoms with Crippen molar-refractivity contribution in [2.24, 2.45) is 0 Å². The molecule has 0 N–H and O–H groups in total. The Hall–Kier alpha value is -2.77. The number of imide groups is 2. The predicted octanol–water partition coefficient (Wildman–Crippen LogP) is 1.94. The van der Waals surface area contributed by atoms with Crippen LogP contribution in [0.4, 0.5) is 0 Å². The quantitative estimate of drug-likeness (QED) is 0.713. The number of nitrogens with zero attached hydrogens (tertiary/aromatic N) is 3. The van der Waals surface area contributed by atoms with E-state index in [4.69, 9.17) is 0 Å². The zero-order valence-corrected chi connectivity index (χ0v) is 17.1. The van der Waals surface area contributed by atoms with Gasteiger partial charge in [-0.3, -0.25) is 29.0 Å². The van der Waals surface area contributed by atoms with Crippen LogP contribution in [0.5, 0.6) is 0 Å². The van der Waals surface area contributed by atoms with Gasteiger partial charge < -0.3 is 4.90 Å². The highest BCUT2D eigenvalue weighted by Crippen LogP contribution is 2.33. The summed E-state index contributed by atoms with van der Waals surface area (Å²) in [5.41, 5.74) is 0.828. The third kappa shape index (κ3) is 3.41. The number of amides is 4. The van der Waals surface area contributed by atoms with Crippen LogP contribution in [0, 0.1) is 0 Å². The average molecular weight is 416 g/mol. The molecule has 2 aliphatic rings. The Labute approximate surface area is 174 Å². The van der Waals surface area contributed by atoms with Gasteiger partial charge in [-0.05, 0) is 38.0 Å². The van der Waals surface area contributed by atoms with Gasteiger partial charge in [-0.1, -0.05) is 24.3 Å². The maximum Gasteiger partial charge on any atom is 0.262 e. The van der Waals surface area contributed by atoms with Gasteiger partial charge in [0.2, 0.25) is 5.91 Å². The first-order chi connectivity index (χ1) is 13.4. The average Bonchev–Trinajstić information content (AvgIpc) is 2.67. The van der Waals surface area contributed by atoms with Crippen molar-refractivity contribution in [1.29, 1.82) is 0 Å². The van der Waals surface area contributed by atoms with Gasteiger partial charge in [-0.15, -0.1) is 12.4 Å². The van der Waals surface area contributed by atoms with Crippen LogP contribution < -0.4 is 0 Å². The van der Waals surface area contributed by atoms with Gasteiger partial charge in [0, 0.05) is 36.0 Å². The fraction of sp³-hybridized carbons (Fsp3) is 0.333. The molecule has 0 bridgehead atoms. The number of hydrogen-bond donors (Lipinski definition) is 0. The van der Waals surface area contributed by atoms with Crippen LogP contribution in [-0.4, -0.2) is 71.6 Å². The first-order valence-electron chi connectivity index (χ1n) is 9.28. The zero-order valence-electron chi connectivity index (χ0n) is 16.3. The normalized spacial score (nSPS) is 19.2. The second kappa shape index (κ2) is 7.93. The van der Waals surface area contributed by atoms with Crippen molar-refractivity contribution in [2.75, 3.05) is 27.2 Å². The van der Waals surface area contributed by atoms with E-state index in [0.717, 1.165) is 10.3 Å². The molecule has 1 atom stereocenters. The number of halogens is 1. The van der Waals surface area contributed by atoms with Crippen molar-refractivity contribution in [1.82, 2.24) is 14.7 Å². The Morgan fingerprint density at radius 3 is 2.10 bits per heavy atom. The van der Waals surface area contributed by atoms with E-state index in [2.05, 4.69) is 0 Å². The van der Waals surface area contributed by atoms with Crippen LogP contribution in [0.15, 0.2) is 36.4 Å². The smallest absolute Gasteiger partial charge is 0.262 e. The number of benzene rings is 2. The molecule has 2 aliphatic heterocycles. The third-order valence-electron chi connectivity index (χ3n) is 5.37. The van der Waals surface area contributed by atoms with Crippen LogP contribution in [0.25, 0.3) is 10.8 Å². The van der Waals surface area contributed by atoms with Crippen molar-refractivity contribution in [3.05, 3.63) is 47.5 Å². The maximum absolute atomic E-state index is 13.2. The molecule has 152 valence electrons. The van der Waals surface area contributed by atoms with E-state index in [-0.39, 0.29) is 37.7 Å². The number of hydrogen-bond acceptors (Lipinski definition) is 5. The lowest BCUT2D eigenvalue weighted by molar-refractivity contribution is -0.151. The molecule has 2 aromatic carbocycles. The lowest BCUT2D eigenvalue weighted by Crippen LogP contribution is -2.59. The number of likely N-dealkylation sites (tertiary alicyclic amines) is 1. The van der Waals surface area contributed by atoms with Crippen molar-refractivity contribution in [3.8, 4) is 0 Å². The largest absolute Gasteiger partial charge is 0.308 e. The Morgan fingerprint density at radius 1 is 0.966 bits per heavy atom. The van der Waals surface area contributed by atoms with Gasteiger partial charge in [0.1, 0.15) is 6.04 Å². The molecular weight excluding hydrogens is 394 g/mol. The number of likely N-dealkylation sites (N-methyl/N-ethyl adjacent to an activating group) is 1. The molecule has 2 aromatic rings. The number of piperidine rings is 1. The van der Waals surface area contributed by atoms with E-state index in [1.807, 2.05) is 31.1 Å². The summed E-state index contributed by atoms with van der Waals surface area (Å²) < 4.78 is 0. The van der Waals surface area contributed by atoms with Gasteiger partial charge in [-0.2, -0.15) is 0 Å². The first-order valence-corrected chi connectivity index (χ1v) is 9.28. The van der Waals surface area contributed by atoms with Crippen LogP contribution >= 0.6 is 12.4 Å². The van der Waals surface area contributed by atoms with Crippen molar-refractivity contribution in [2.45, 2.75) is 18.9 Å². The molecule has 0 spiro atoms. The monoisotopic (exact) mass is 415 g/mol. The molecule has 4 rings (SSSR count). The summed E-state index contributed by atoms with van der Waals surface area (Å²) in [6.07, 6.45) is 0.290. The molecule has 1 saturated heterocycles. The van der Waals surface area contributed by atoms with Gasteiger partial charge in [-0.25, -0.2) is 0 Å². The van der Waals surface area contributed by atoms with E-state index in [1.54, 1.807) is 24.3 Å². The number of carbonyl (C=O) groups is 4. The minimum atomic E-state index is -0.955. The SMILES string of the molecule is CN(C)CCN1C(=O)CCC(N2C(=O)c3cccc4cccc(c34)C2=O)C1=O.Cl. The van der Waals surface area contributed by atoms with Gasteiger partial charge >= 0.3 is 0 Å². The number of carbonyl (C=O) groups excluding carboxylic acids is 4. The highest BCUT2D eigenvalue weighted by molar-refractivity contribution is 6.26. The molecule has 8 heteroatoms. The van der Waals surface area contributed by atoms with E-state index in [9.17, 15) is 19.2 Å². The molecule has 2 heterocycles. The second-order valence-electron chi connectivity index (χ2n) is 7.43. The Morgan fingerprint density at radius 2 is 1.55 bits per heavy atom. The van der Waals surface area contributed by atoms with Crippen LogP contribution in [0.3, 0.4) is 0 Å². The molecule has 1 unspecified atom stereocenters. The first kappa shape index (κ1) is 21.0. The molecule has 1 fully saturated rings. The van der Waals surface area contributed by atoms with Gasteiger partial charge in [0.15, 0.2) is 0 Å². The predicted molar refractivity (Wildman–Crippen MR) is 110 cm³/mol. The van der Waals surface area contributed by atoms with E-state index in [1.165, 1.54) is 4.90 Å². The Balaban J connectivity index is 0.00000240. The van der Waals surface area contributed by atoms with Crippen LogP contribution in [0.1, 0.15) is 33.6 Å². The van der Waals surface area contributed by atoms with Crippen LogP contribution in [-0.2, 0) is 9.59 Å². The summed E-state index contributed by atoms with van der Waals surface area (Å²) in [5.74, 6) is -1.70. The Kier molecular flexibility index (Phi) is 5.73. The molecule has 0 aliphatic carbocycles. The van der Waals surface area contributed by atoms with Gasteiger partial charge in [0.05, 0.1) is 0 Å². The highest BCUT2D eigenvalue weighted by Gasteiger charge is 2.45. The fourth-order valence-electron chi connectivity index (χ4n) is 3.93. The molecule has 29 heavy (non-hydrogen) atoms. The minimum Gasteiger partial charge on any atom is -0.308 e. The minimum absolute atomic E-state index is 0. The molecule has 0 aromatic heterocycles. The molecule has 0 radical (unpaired) electrons. The summed E-state index contributed by atoms with van der Waals surface area (Å²) in [5, 5.41) is 1.44. The molecular formula is C21H22ClN3O4. The number of rotatable bonds is 4. The maximum atomic E-state index is 13.2.